The Hall–Kier alpha value is -1.13. The van der Waals surface area contributed by atoms with Crippen molar-refractivity contribution in [2.24, 2.45) is 0 Å². The molecule has 0 aromatic heterocycles. The van der Waals surface area contributed by atoms with Crippen LogP contribution in [0.1, 0.15) is 32.4 Å². The molecule has 0 saturated carbocycles. The van der Waals surface area contributed by atoms with Crippen molar-refractivity contribution in [1.29, 1.82) is 0 Å². The average Bonchev–Trinajstić information content (AvgIpc) is 2.47. The van der Waals surface area contributed by atoms with Gasteiger partial charge < -0.3 is 9.74 Å². The molecule has 1 aromatic rings. The highest BCUT2D eigenvalue weighted by molar-refractivity contribution is 6.73. The standard InChI is InChI=1S/C15H23NO2Si/c1-4-19(5-2,6-3)18-14-13(16-15(14)17)12-10-8-7-9-11-12/h7-11,13-14H,4-6H2,1-3H3,(H,16,17)/t13?,14-/m1/s1. The van der Waals surface area contributed by atoms with Crippen LogP contribution in [0, 0.1) is 0 Å². The molecule has 1 aliphatic rings. The second kappa shape index (κ2) is 5.88. The quantitative estimate of drug-likeness (QED) is 0.640. The first kappa shape index (κ1) is 14.3. The molecule has 104 valence electrons. The van der Waals surface area contributed by atoms with E-state index in [9.17, 15) is 4.79 Å². The SMILES string of the molecule is CC[Si](CC)(CC)O[C@H]1C(=O)NC1c1ccccc1. The van der Waals surface area contributed by atoms with Crippen LogP contribution in [0.2, 0.25) is 18.1 Å². The lowest BCUT2D eigenvalue weighted by Crippen LogP contribution is -2.60. The third-order valence-corrected chi connectivity index (χ3v) is 8.95. The van der Waals surface area contributed by atoms with Crippen molar-refractivity contribution in [2.45, 2.75) is 51.0 Å². The van der Waals surface area contributed by atoms with Crippen LogP contribution in [0.3, 0.4) is 0 Å². The molecule has 1 aliphatic heterocycles. The Morgan fingerprint density at radius 2 is 1.68 bits per heavy atom. The van der Waals surface area contributed by atoms with Gasteiger partial charge in [-0.2, -0.15) is 0 Å². The topological polar surface area (TPSA) is 38.3 Å². The Morgan fingerprint density at radius 1 is 1.11 bits per heavy atom. The van der Waals surface area contributed by atoms with Crippen molar-refractivity contribution in [2.75, 3.05) is 0 Å². The zero-order valence-electron chi connectivity index (χ0n) is 12.0. The number of hydrogen-bond donors (Lipinski definition) is 1. The minimum atomic E-state index is -1.73. The number of benzene rings is 1. The van der Waals surface area contributed by atoms with Gasteiger partial charge in [-0.25, -0.2) is 0 Å². The predicted octanol–water partition coefficient (Wildman–Crippen LogP) is 3.25. The molecule has 3 nitrogen and oxygen atoms in total. The van der Waals surface area contributed by atoms with E-state index in [0.717, 1.165) is 23.7 Å². The molecule has 0 bridgehead atoms. The van der Waals surface area contributed by atoms with E-state index in [1.54, 1.807) is 0 Å². The van der Waals surface area contributed by atoms with Gasteiger partial charge in [0.15, 0.2) is 8.32 Å². The Bertz CT molecular complexity index is 423. The normalized spacial score (nSPS) is 22.8. The van der Waals surface area contributed by atoms with E-state index in [0.29, 0.717) is 0 Å². The van der Waals surface area contributed by atoms with Gasteiger partial charge in [0.1, 0.15) is 6.10 Å². The fourth-order valence-corrected chi connectivity index (χ4v) is 5.46. The minimum Gasteiger partial charge on any atom is -0.403 e. The Morgan fingerprint density at radius 3 is 2.16 bits per heavy atom. The fourth-order valence-electron chi connectivity index (χ4n) is 2.68. The smallest absolute Gasteiger partial charge is 0.251 e. The maximum absolute atomic E-state index is 11.8. The van der Waals surface area contributed by atoms with Crippen LogP contribution in [-0.2, 0) is 9.22 Å². The number of rotatable bonds is 6. The lowest BCUT2D eigenvalue weighted by molar-refractivity contribution is -0.141. The van der Waals surface area contributed by atoms with Crippen LogP contribution in [0.15, 0.2) is 30.3 Å². The summed E-state index contributed by atoms with van der Waals surface area (Å²) in [5.41, 5.74) is 1.14. The van der Waals surface area contributed by atoms with Gasteiger partial charge in [-0.05, 0) is 23.7 Å². The predicted molar refractivity (Wildman–Crippen MR) is 79.4 cm³/mol. The van der Waals surface area contributed by atoms with Crippen molar-refractivity contribution in [3.63, 3.8) is 0 Å². The van der Waals surface area contributed by atoms with Crippen molar-refractivity contribution in [3.8, 4) is 0 Å². The van der Waals surface area contributed by atoms with Gasteiger partial charge in [0.2, 0.25) is 0 Å². The highest BCUT2D eigenvalue weighted by Gasteiger charge is 2.45. The van der Waals surface area contributed by atoms with Gasteiger partial charge in [-0.15, -0.1) is 0 Å². The van der Waals surface area contributed by atoms with Gasteiger partial charge in [-0.1, -0.05) is 51.1 Å². The molecule has 2 rings (SSSR count). The number of carbonyl (C=O) groups is 1. The van der Waals surface area contributed by atoms with Crippen LogP contribution in [0.25, 0.3) is 0 Å². The molecule has 4 heteroatoms. The number of β-lactam (4-membered cyclic amide) rings is 1. The molecule has 1 saturated heterocycles. The zero-order chi connectivity index (χ0) is 13.9. The summed E-state index contributed by atoms with van der Waals surface area (Å²) in [5.74, 6) is 0.0427. The summed E-state index contributed by atoms with van der Waals surface area (Å²) in [6.45, 7) is 6.56. The third-order valence-electron chi connectivity index (χ3n) is 4.33. The van der Waals surface area contributed by atoms with Crippen LogP contribution in [0.5, 0.6) is 0 Å². The average molecular weight is 277 g/mol. The summed E-state index contributed by atoms with van der Waals surface area (Å²) in [5, 5.41) is 2.96. The van der Waals surface area contributed by atoms with E-state index in [2.05, 4.69) is 26.1 Å². The first-order chi connectivity index (χ1) is 9.15. The molecule has 0 aliphatic carbocycles. The summed E-state index contributed by atoms with van der Waals surface area (Å²) < 4.78 is 6.33. The molecule has 1 amide bonds. The number of amides is 1. The summed E-state index contributed by atoms with van der Waals surface area (Å²) in [4.78, 5) is 11.8. The number of carbonyl (C=O) groups excluding carboxylic acids is 1. The second-order valence-electron chi connectivity index (χ2n) is 5.18. The molecule has 1 heterocycles. The monoisotopic (exact) mass is 277 g/mol. The molecule has 2 atom stereocenters. The Balaban J connectivity index is 2.12. The molecule has 1 aromatic carbocycles. The van der Waals surface area contributed by atoms with Crippen LogP contribution >= 0.6 is 0 Å². The van der Waals surface area contributed by atoms with Gasteiger partial charge >= 0.3 is 0 Å². The van der Waals surface area contributed by atoms with E-state index in [1.165, 1.54) is 0 Å². The molecule has 0 radical (unpaired) electrons. The maximum atomic E-state index is 11.8. The van der Waals surface area contributed by atoms with Gasteiger partial charge in [-0.3, -0.25) is 4.79 Å². The lowest BCUT2D eigenvalue weighted by atomic mass is 9.94. The summed E-state index contributed by atoms with van der Waals surface area (Å²) in [6.07, 6.45) is -0.283. The van der Waals surface area contributed by atoms with E-state index in [-0.39, 0.29) is 18.1 Å². The van der Waals surface area contributed by atoms with Crippen molar-refractivity contribution >= 4 is 14.2 Å². The summed E-state index contributed by atoms with van der Waals surface area (Å²) in [6, 6.07) is 13.3. The largest absolute Gasteiger partial charge is 0.403 e. The summed E-state index contributed by atoms with van der Waals surface area (Å²) >= 11 is 0. The van der Waals surface area contributed by atoms with Gasteiger partial charge in [0.25, 0.3) is 5.91 Å². The third kappa shape index (κ3) is 2.74. The first-order valence-electron chi connectivity index (χ1n) is 7.19. The number of nitrogens with one attached hydrogen (secondary N) is 1. The molecular weight excluding hydrogens is 254 g/mol. The van der Waals surface area contributed by atoms with Crippen molar-refractivity contribution < 1.29 is 9.22 Å². The van der Waals surface area contributed by atoms with E-state index in [1.807, 2.05) is 30.3 Å². The minimum absolute atomic E-state index is 0.0326. The zero-order valence-corrected chi connectivity index (χ0v) is 13.0. The Kier molecular flexibility index (Phi) is 4.42. The highest BCUT2D eigenvalue weighted by Crippen LogP contribution is 2.33. The fraction of sp³-hybridized carbons (Fsp3) is 0.533. The molecule has 1 fully saturated rings. The molecule has 19 heavy (non-hydrogen) atoms. The molecule has 1 unspecified atom stereocenters. The number of hydrogen-bond acceptors (Lipinski definition) is 2. The summed E-state index contributed by atoms with van der Waals surface area (Å²) in [7, 11) is -1.73. The molecule has 1 N–H and O–H groups in total. The van der Waals surface area contributed by atoms with Gasteiger partial charge in [0.05, 0.1) is 6.04 Å². The molecule has 0 spiro atoms. The van der Waals surface area contributed by atoms with E-state index in [4.69, 9.17) is 4.43 Å². The van der Waals surface area contributed by atoms with Crippen LogP contribution in [0.4, 0.5) is 0 Å². The Labute approximate surface area is 116 Å². The van der Waals surface area contributed by atoms with E-state index >= 15 is 0 Å². The highest BCUT2D eigenvalue weighted by atomic mass is 28.4. The van der Waals surface area contributed by atoms with Crippen molar-refractivity contribution in [1.82, 2.24) is 5.32 Å². The van der Waals surface area contributed by atoms with Crippen LogP contribution < -0.4 is 5.32 Å². The second-order valence-corrected chi connectivity index (χ2v) is 9.90. The van der Waals surface area contributed by atoms with Crippen molar-refractivity contribution in [3.05, 3.63) is 35.9 Å². The molecular formula is C15H23NO2Si. The van der Waals surface area contributed by atoms with Gasteiger partial charge in [0, 0.05) is 0 Å². The maximum Gasteiger partial charge on any atom is 0.251 e. The van der Waals surface area contributed by atoms with E-state index < -0.39 is 8.32 Å². The first-order valence-corrected chi connectivity index (χ1v) is 9.72. The van der Waals surface area contributed by atoms with Crippen LogP contribution in [-0.4, -0.2) is 20.3 Å². The lowest BCUT2D eigenvalue weighted by Gasteiger charge is -2.42.